The summed E-state index contributed by atoms with van der Waals surface area (Å²) in [5.74, 6) is 1.03. The number of phenolic OH excluding ortho intramolecular Hbond substituents is 1. The molecule has 0 bridgehead atoms. The highest BCUT2D eigenvalue weighted by molar-refractivity contribution is 5.70. The second-order valence-electron chi connectivity index (χ2n) is 3.99. The van der Waals surface area contributed by atoms with Crippen LogP contribution in [-0.2, 0) is 0 Å². The van der Waals surface area contributed by atoms with Gasteiger partial charge in [-0.25, -0.2) is 0 Å². The number of pyridine rings is 1. The van der Waals surface area contributed by atoms with Crippen LogP contribution < -0.4 is 0 Å². The Labute approximate surface area is 104 Å². The summed E-state index contributed by atoms with van der Waals surface area (Å²) in [6.07, 6.45) is 5.16. The second kappa shape index (κ2) is 4.37. The van der Waals surface area contributed by atoms with Crippen LogP contribution in [0.3, 0.4) is 0 Å². The topological polar surface area (TPSA) is 46.3 Å². The van der Waals surface area contributed by atoms with E-state index < -0.39 is 0 Å². The summed E-state index contributed by atoms with van der Waals surface area (Å²) in [6, 6.07) is 12.8. The summed E-state index contributed by atoms with van der Waals surface area (Å²) in [5, 5.41) is 9.49. The Bertz CT molecular complexity index is 660. The molecule has 3 rings (SSSR count). The highest BCUT2D eigenvalue weighted by Gasteiger charge is 2.04. The normalized spacial score (nSPS) is 10.4. The minimum Gasteiger partial charge on any atom is -0.508 e. The van der Waals surface area contributed by atoms with Crippen molar-refractivity contribution in [1.82, 2.24) is 4.98 Å². The Hall–Kier alpha value is -2.55. The molecule has 1 N–H and O–H groups in total. The summed E-state index contributed by atoms with van der Waals surface area (Å²) < 4.78 is 5.34. The van der Waals surface area contributed by atoms with E-state index in [-0.39, 0.29) is 5.75 Å². The minimum atomic E-state index is 0.246. The number of aromatic hydroxyl groups is 1. The summed E-state index contributed by atoms with van der Waals surface area (Å²) in [5.41, 5.74) is 2.79. The Morgan fingerprint density at radius 3 is 2.56 bits per heavy atom. The van der Waals surface area contributed by atoms with Crippen molar-refractivity contribution in [1.29, 1.82) is 0 Å². The smallest absolute Gasteiger partial charge is 0.135 e. The van der Waals surface area contributed by atoms with Gasteiger partial charge >= 0.3 is 0 Å². The van der Waals surface area contributed by atoms with Crippen LogP contribution in [0.1, 0.15) is 0 Å². The standard InChI is InChI=1S/C15H11NO2/c17-14-4-1-3-11(8-14)12-7-13(10-16-9-12)15-5-2-6-18-15/h1-10,17H. The van der Waals surface area contributed by atoms with Crippen LogP contribution in [0, 0.1) is 0 Å². The number of aromatic nitrogens is 1. The van der Waals surface area contributed by atoms with Crippen LogP contribution in [0.15, 0.2) is 65.5 Å². The molecule has 0 spiro atoms. The van der Waals surface area contributed by atoms with Crippen LogP contribution in [0.2, 0.25) is 0 Å². The van der Waals surface area contributed by atoms with Gasteiger partial charge in [-0.15, -0.1) is 0 Å². The number of nitrogens with zero attached hydrogens (tertiary/aromatic N) is 1. The highest BCUT2D eigenvalue weighted by atomic mass is 16.3. The summed E-state index contributed by atoms with van der Waals surface area (Å²) in [6.45, 7) is 0. The van der Waals surface area contributed by atoms with Gasteiger partial charge in [-0.1, -0.05) is 12.1 Å². The number of hydrogen-bond acceptors (Lipinski definition) is 3. The van der Waals surface area contributed by atoms with E-state index in [2.05, 4.69) is 4.98 Å². The summed E-state index contributed by atoms with van der Waals surface area (Å²) in [7, 11) is 0. The average molecular weight is 237 g/mol. The fourth-order valence-corrected chi connectivity index (χ4v) is 1.86. The molecule has 18 heavy (non-hydrogen) atoms. The molecular weight excluding hydrogens is 226 g/mol. The van der Waals surface area contributed by atoms with Crippen molar-refractivity contribution in [3.05, 3.63) is 61.1 Å². The molecule has 2 aromatic heterocycles. The van der Waals surface area contributed by atoms with Crippen molar-refractivity contribution < 1.29 is 9.52 Å². The van der Waals surface area contributed by atoms with Gasteiger partial charge in [-0.2, -0.15) is 0 Å². The Balaban J connectivity index is 2.06. The van der Waals surface area contributed by atoms with Crippen LogP contribution >= 0.6 is 0 Å². The zero-order valence-electron chi connectivity index (χ0n) is 9.58. The number of rotatable bonds is 2. The molecule has 3 nitrogen and oxygen atoms in total. The third-order valence-electron chi connectivity index (χ3n) is 2.72. The first-order chi connectivity index (χ1) is 8.83. The van der Waals surface area contributed by atoms with Crippen molar-refractivity contribution in [2.45, 2.75) is 0 Å². The van der Waals surface area contributed by atoms with Crippen molar-refractivity contribution in [2.24, 2.45) is 0 Å². The third kappa shape index (κ3) is 1.98. The molecule has 0 atom stereocenters. The molecule has 0 aliphatic carbocycles. The fourth-order valence-electron chi connectivity index (χ4n) is 1.86. The first-order valence-corrected chi connectivity index (χ1v) is 5.61. The lowest BCUT2D eigenvalue weighted by Gasteiger charge is -2.03. The van der Waals surface area contributed by atoms with E-state index in [0.29, 0.717) is 0 Å². The van der Waals surface area contributed by atoms with E-state index in [1.807, 2.05) is 30.3 Å². The first kappa shape index (κ1) is 10.6. The molecule has 0 aliphatic rings. The van der Waals surface area contributed by atoms with Gasteiger partial charge in [-0.3, -0.25) is 4.98 Å². The summed E-state index contributed by atoms with van der Waals surface area (Å²) >= 11 is 0. The molecular formula is C15H11NO2. The molecule has 1 aromatic carbocycles. The van der Waals surface area contributed by atoms with Gasteiger partial charge in [0.25, 0.3) is 0 Å². The lowest BCUT2D eigenvalue weighted by molar-refractivity contribution is 0.475. The quantitative estimate of drug-likeness (QED) is 0.739. The SMILES string of the molecule is Oc1cccc(-c2cncc(-c3ccco3)c2)c1. The predicted molar refractivity (Wildman–Crippen MR) is 69.0 cm³/mol. The highest BCUT2D eigenvalue weighted by Crippen LogP contribution is 2.27. The maximum atomic E-state index is 9.49. The van der Waals surface area contributed by atoms with E-state index >= 15 is 0 Å². The van der Waals surface area contributed by atoms with E-state index in [4.69, 9.17) is 4.42 Å². The predicted octanol–water partition coefficient (Wildman–Crippen LogP) is 3.71. The van der Waals surface area contributed by atoms with Gasteiger partial charge in [0.15, 0.2) is 0 Å². The molecule has 0 aliphatic heterocycles. The Morgan fingerprint density at radius 1 is 0.889 bits per heavy atom. The maximum Gasteiger partial charge on any atom is 0.135 e. The van der Waals surface area contributed by atoms with Gasteiger partial charge in [0, 0.05) is 23.5 Å². The molecule has 3 heteroatoms. The molecule has 0 radical (unpaired) electrons. The van der Waals surface area contributed by atoms with Gasteiger partial charge in [-0.05, 0) is 35.9 Å². The van der Waals surface area contributed by atoms with E-state index in [1.165, 1.54) is 0 Å². The van der Waals surface area contributed by atoms with E-state index in [1.54, 1.807) is 30.8 Å². The largest absolute Gasteiger partial charge is 0.508 e. The molecule has 2 heterocycles. The van der Waals surface area contributed by atoms with Crippen molar-refractivity contribution in [3.63, 3.8) is 0 Å². The average Bonchev–Trinajstić information content (AvgIpc) is 2.93. The number of benzene rings is 1. The number of furan rings is 1. The van der Waals surface area contributed by atoms with Crippen LogP contribution in [0.4, 0.5) is 0 Å². The van der Waals surface area contributed by atoms with Crippen molar-refractivity contribution >= 4 is 0 Å². The fraction of sp³-hybridized carbons (Fsp3) is 0. The third-order valence-corrected chi connectivity index (χ3v) is 2.72. The van der Waals surface area contributed by atoms with Crippen LogP contribution in [-0.4, -0.2) is 10.1 Å². The van der Waals surface area contributed by atoms with Gasteiger partial charge < -0.3 is 9.52 Å². The molecule has 0 saturated carbocycles. The first-order valence-electron chi connectivity index (χ1n) is 5.61. The molecule has 88 valence electrons. The number of hydrogen-bond donors (Lipinski definition) is 1. The van der Waals surface area contributed by atoms with Gasteiger partial charge in [0.2, 0.25) is 0 Å². The Morgan fingerprint density at radius 2 is 1.78 bits per heavy atom. The van der Waals surface area contributed by atoms with Crippen LogP contribution in [0.25, 0.3) is 22.5 Å². The van der Waals surface area contributed by atoms with Gasteiger partial charge in [0.05, 0.1) is 6.26 Å². The van der Waals surface area contributed by atoms with E-state index in [0.717, 1.165) is 22.5 Å². The summed E-state index contributed by atoms with van der Waals surface area (Å²) in [4.78, 5) is 4.21. The lowest BCUT2D eigenvalue weighted by Crippen LogP contribution is -1.82. The molecule has 3 aromatic rings. The zero-order chi connectivity index (χ0) is 12.4. The monoisotopic (exact) mass is 237 g/mol. The lowest BCUT2D eigenvalue weighted by atomic mass is 10.1. The minimum absolute atomic E-state index is 0.246. The molecule has 0 amide bonds. The van der Waals surface area contributed by atoms with Crippen LogP contribution in [0.5, 0.6) is 5.75 Å². The van der Waals surface area contributed by atoms with Gasteiger partial charge in [0.1, 0.15) is 11.5 Å². The van der Waals surface area contributed by atoms with Crippen molar-refractivity contribution in [2.75, 3.05) is 0 Å². The zero-order valence-corrected chi connectivity index (χ0v) is 9.58. The maximum absolute atomic E-state index is 9.49. The number of phenols is 1. The van der Waals surface area contributed by atoms with Crippen molar-refractivity contribution in [3.8, 4) is 28.2 Å². The van der Waals surface area contributed by atoms with E-state index in [9.17, 15) is 5.11 Å². The Kier molecular flexibility index (Phi) is 2.57. The molecule has 0 unspecified atom stereocenters. The second-order valence-corrected chi connectivity index (χ2v) is 3.99. The molecule has 0 saturated heterocycles. The molecule has 0 fully saturated rings.